The van der Waals surface area contributed by atoms with Gasteiger partial charge in [-0.25, -0.2) is 18.6 Å². The zero-order valence-corrected chi connectivity index (χ0v) is 89.8. The number of carbonyl (C=O) groups is 10. The number of ether oxygens (including phenoxy) is 2. The quantitative estimate of drug-likeness (QED) is 0.00445. The molecule has 23 nitrogen and oxygen atoms in total. The Hall–Kier alpha value is -14.3. The van der Waals surface area contributed by atoms with Crippen molar-refractivity contribution in [2.24, 2.45) is 5.92 Å². The summed E-state index contributed by atoms with van der Waals surface area (Å²) in [5.74, 6) is -3.68. The van der Waals surface area contributed by atoms with E-state index in [1.165, 1.54) is 47.1 Å². The average molecular weight is 2100 g/mol. The van der Waals surface area contributed by atoms with E-state index in [-0.39, 0.29) is 116 Å². The maximum atomic E-state index is 12.9. The van der Waals surface area contributed by atoms with E-state index in [9.17, 15) is 53.1 Å². The van der Waals surface area contributed by atoms with Crippen LogP contribution in [0.5, 0.6) is 0 Å². The van der Waals surface area contributed by atoms with Crippen LogP contribution in [0.1, 0.15) is 125 Å². The third-order valence-corrected chi connectivity index (χ3v) is 26.8. The number of aliphatic hydroxyl groups excluding tert-OH is 2. The Morgan fingerprint density at radius 2 is 0.560 bits per heavy atom. The number of aliphatic carboxylic acids is 2. The Bertz CT molecular complexity index is 6250. The van der Waals surface area contributed by atoms with Crippen molar-refractivity contribution >= 4 is 118 Å². The van der Waals surface area contributed by atoms with E-state index in [1.807, 2.05) is 257 Å². The van der Waals surface area contributed by atoms with Gasteiger partial charge in [-0.15, -0.1) is 0 Å². The van der Waals surface area contributed by atoms with Gasteiger partial charge in [-0.2, -0.15) is 0 Å². The van der Waals surface area contributed by atoms with E-state index < -0.39 is 40.0 Å². The number of rotatable bonds is 35. The maximum Gasteiger partial charge on any atom is 1.00 e. The van der Waals surface area contributed by atoms with Gasteiger partial charge in [-0.3, -0.25) is 28.8 Å². The van der Waals surface area contributed by atoms with Crippen molar-refractivity contribution in [3.8, 4) is 55.6 Å². The van der Waals surface area contributed by atoms with E-state index >= 15 is 0 Å². The summed E-state index contributed by atoms with van der Waals surface area (Å²) < 4.78 is 19.5. The number of halogens is 2. The number of carboxylic acids is 2. The number of amides is 5. The molecule has 13 aromatic rings. The first-order valence-corrected chi connectivity index (χ1v) is 52.8. The number of carboxylic acid groups (broad SMARTS) is 2. The molecule has 0 spiro atoms. The van der Waals surface area contributed by atoms with E-state index in [0.717, 1.165) is 105 Å². The fourth-order valence-electron chi connectivity index (χ4n) is 15.7. The number of hydrogen-bond acceptors (Lipinski definition) is 16. The normalized spacial score (nSPS) is 11.6. The number of nitrogens with one attached hydrogen (secondary N) is 5. The van der Waals surface area contributed by atoms with E-state index in [2.05, 4.69) is 169 Å². The first kappa shape index (κ1) is 130. The third-order valence-electron chi connectivity index (χ3n) is 22.4. The molecule has 0 radical (unpaired) electrons. The number of aliphatic hydroxyl groups is 2. The molecule has 28 heteroatoms. The number of benzene rings is 13. The molecule has 0 aliphatic carbocycles. The third kappa shape index (κ3) is 47.9. The average Bonchev–Trinajstić information content (AvgIpc) is 0.736. The van der Waals surface area contributed by atoms with Gasteiger partial charge in [0.2, 0.25) is 38.8 Å². The molecule has 13 rings (SSSR count). The maximum absolute atomic E-state index is 12.9. The van der Waals surface area contributed by atoms with Gasteiger partial charge in [0.1, 0.15) is 6.29 Å². The molecule has 0 unspecified atom stereocenters. The molecule has 10 N–H and O–H groups in total. The van der Waals surface area contributed by atoms with E-state index in [0.29, 0.717) is 57.3 Å². The van der Waals surface area contributed by atoms with Crippen LogP contribution in [0.25, 0.3) is 55.6 Å². The van der Waals surface area contributed by atoms with Gasteiger partial charge in [-0.1, -0.05) is 390 Å². The summed E-state index contributed by atoms with van der Waals surface area (Å²) in [6.45, 7) is 17.9. The summed E-state index contributed by atoms with van der Waals surface area (Å²) in [4.78, 5) is 114. The zero-order chi connectivity index (χ0) is 107. The number of hydrogen-bond donors (Lipinski definition) is 9. The summed E-state index contributed by atoms with van der Waals surface area (Å²) in [5.41, 5.74) is 17.5. The van der Waals surface area contributed by atoms with Gasteiger partial charge in [0.25, 0.3) is 0 Å². The molecule has 0 aromatic heterocycles. The predicted molar refractivity (Wildman–Crippen MR) is 606 cm³/mol. The van der Waals surface area contributed by atoms with Crippen LogP contribution in [0.4, 0.5) is 0 Å². The van der Waals surface area contributed by atoms with E-state index in [1.54, 1.807) is 39.8 Å². The smallest absolute Gasteiger partial charge is 0.870 e. The molecular formula is C122H139Cl2LiN5O18PS. The van der Waals surface area contributed by atoms with Crippen molar-refractivity contribution < 1.29 is 106 Å². The summed E-state index contributed by atoms with van der Waals surface area (Å²) in [6.07, 6.45) is 7.42. The first-order chi connectivity index (χ1) is 70.6. The molecule has 6 atom stereocenters. The van der Waals surface area contributed by atoms with Crippen LogP contribution in [0.3, 0.4) is 0 Å². The van der Waals surface area contributed by atoms with Crippen LogP contribution in [0.15, 0.2) is 387 Å². The molecule has 13 aromatic carbocycles. The van der Waals surface area contributed by atoms with Gasteiger partial charge < -0.3 is 66.8 Å². The molecule has 0 bridgehead atoms. The van der Waals surface area contributed by atoms with E-state index in [4.69, 9.17) is 29.0 Å². The Morgan fingerprint density at radius 1 is 0.340 bits per heavy atom. The Kier molecular flexibility index (Phi) is 62.5. The van der Waals surface area contributed by atoms with Crippen molar-refractivity contribution in [2.45, 2.75) is 159 Å². The minimum absolute atomic E-state index is 0. The van der Waals surface area contributed by atoms with Gasteiger partial charge in [-0.05, 0) is 186 Å². The SMILES string of the molecule is C.CC(=O)N[C@@H](/C=C(\C)C(=O)O)Cc1ccc(-c2ccccc2)cc1.CC(=O)N[C@@H](C=O)Cc1ccc(-c2ccccc2)cc1.CC(=O)N[C@@H](CO)Cc1ccc(-c2ccccc2)cc1.CC(=O)N[C@H](Cc1ccc(-c2ccccc2)cc1)C[C@@H](C)C(=O)O.CCO.CCOC(=O)/C(C)=C/[C@@H](Cc1ccc(-c2ccccc2)cc1)NC(C)=O.CCOC(=O)C(C)=P(c1ccccc1)(c1ccccc1)c1ccccc1.O=S(Cl)Cl.[Li+].[OH-]. The van der Waals surface area contributed by atoms with Crippen molar-refractivity contribution in [2.75, 3.05) is 26.4 Å². The van der Waals surface area contributed by atoms with Gasteiger partial charge in [0.15, 0.2) is 0 Å². The van der Waals surface area contributed by atoms with Crippen LogP contribution in [-0.2, 0) is 98.7 Å². The second-order valence-corrected chi connectivity index (χ2v) is 40.1. The Morgan fingerprint density at radius 3 is 0.800 bits per heavy atom. The fourth-order valence-corrected chi connectivity index (χ4v) is 19.9. The largest absolute Gasteiger partial charge is 1.00 e. The van der Waals surface area contributed by atoms with Crippen molar-refractivity contribution in [1.82, 2.24) is 26.6 Å². The summed E-state index contributed by atoms with van der Waals surface area (Å²) in [6, 6.07) is 121. The molecule has 0 aliphatic rings. The second kappa shape index (κ2) is 72.2. The first-order valence-electron chi connectivity index (χ1n) is 48.2. The van der Waals surface area contributed by atoms with Crippen molar-refractivity contribution in [3.63, 3.8) is 0 Å². The Labute approximate surface area is 907 Å². The number of esters is 2. The summed E-state index contributed by atoms with van der Waals surface area (Å²) >= 11 is 0. The summed E-state index contributed by atoms with van der Waals surface area (Å²) in [7, 11) is 7.36. The standard InChI is InChI=1S/C23H23O2P.C22H25NO3.C20H23NO3.C20H21NO3.C17H19NO2.C17H17NO2.C2H6O.CH4.Cl2OS.Li.H2O/c1-3-25-23(24)19(2)26(20-13-7-4-8-14-20,21-15-9-5-10-16-21)22-17-11-6-12-18-22;1-4-26-22(25)16(2)14-21(23-17(3)24)15-18-10-12-20(13-11-18)19-8-6-5-7-9-19;2*1-14(20(23)24)12-19(21-15(2)22)13-16-8-10-18(11-9-16)17-6-4-3-5-7-17;2*1-13(20)18-17(12-19)11-14-7-9-16(10-8-14)15-5-3-2-4-6-15;1-2-3;;1-4(2)3;;/h4-18H,3H2,1-2H3;5-14,21H,4,15H2,1-3H3,(H,23,24);3-11,14,19H,12-13H2,1-2H3,(H,21,22)(H,23,24);3-12,19H,13H2,1-2H3,(H,21,22)(H,23,24);2-10,17,19H,11-12H2,1H3,(H,18,20);2-10,12,17H,11H2,1H3,(H,18,20);3H,2H2,1H3;1H4;;;1H2/q;;;;;;;;;+1;/p-1/b;16-14+;;14-12+;;;;;;;/t;21-;14-,19+;19-;2*17-;;;;;/m.01011...../s1. The van der Waals surface area contributed by atoms with Gasteiger partial charge in [0.05, 0.1) is 49.9 Å². The molecule has 0 heterocycles. The van der Waals surface area contributed by atoms with Crippen molar-refractivity contribution in [3.05, 3.63) is 415 Å². The molecule has 5 amide bonds. The van der Waals surface area contributed by atoms with Crippen LogP contribution >= 0.6 is 28.3 Å². The Balaban J connectivity index is 0.000000455. The molecule has 786 valence electrons. The predicted octanol–water partition coefficient (Wildman–Crippen LogP) is 18.1. The minimum atomic E-state index is -2.29. The number of aldehydes is 1. The minimum Gasteiger partial charge on any atom is -0.870 e. The molecule has 150 heavy (non-hydrogen) atoms. The number of carbonyl (C=O) groups excluding carboxylic acids is 8. The zero-order valence-electron chi connectivity index (χ0n) is 86.6. The molecular weight excluding hydrogens is 1960 g/mol. The van der Waals surface area contributed by atoms with Crippen LogP contribution in [-0.4, -0.2) is 152 Å². The topological polar surface area (TPSA) is 377 Å². The molecule has 0 saturated heterocycles. The van der Waals surface area contributed by atoms with Crippen LogP contribution in [0.2, 0.25) is 0 Å². The second-order valence-electron chi connectivity index (χ2n) is 34.1. The van der Waals surface area contributed by atoms with Gasteiger partial charge in [0, 0.05) is 85.1 Å². The molecule has 0 saturated carbocycles. The molecule has 0 aliphatic heterocycles. The fraction of sp³-hybridized carbons (Fsp3) is 0.238. The van der Waals surface area contributed by atoms with Crippen molar-refractivity contribution in [1.29, 1.82) is 0 Å². The van der Waals surface area contributed by atoms with Gasteiger partial charge >= 0.3 is 42.7 Å². The summed E-state index contributed by atoms with van der Waals surface area (Å²) in [5, 5.41) is 53.0. The van der Waals surface area contributed by atoms with Crippen LogP contribution in [0, 0.1) is 5.92 Å². The molecule has 0 fully saturated rings. The monoisotopic (exact) mass is 2100 g/mol. The van der Waals surface area contributed by atoms with Crippen LogP contribution < -0.4 is 61.4 Å².